The van der Waals surface area contributed by atoms with Gasteiger partial charge < -0.3 is 10.5 Å². The van der Waals surface area contributed by atoms with Gasteiger partial charge >= 0.3 is 0 Å². The van der Waals surface area contributed by atoms with E-state index in [-0.39, 0.29) is 0 Å². The Morgan fingerprint density at radius 2 is 2.25 bits per heavy atom. The highest BCUT2D eigenvalue weighted by molar-refractivity contribution is 5.66. The summed E-state index contributed by atoms with van der Waals surface area (Å²) in [6.07, 6.45) is 3.79. The fourth-order valence-electron chi connectivity index (χ4n) is 2.49. The highest BCUT2D eigenvalue weighted by Gasteiger charge is 2.26. The molecule has 106 valence electrons. The minimum atomic E-state index is 0.302. The first-order valence-corrected chi connectivity index (χ1v) is 6.90. The summed E-state index contributed by atoms with van der Waals surface area (Å²) in [6, 6.07) is 5.93. The number of hydrogen-bond donors (Lipinski definition) is 1. The fourth-order valence-corrected chi connectivity index (χ4v) is 2.49. The van der Waals surface area contributed by atoms with Crippen LogP contribution < -0.4 is 10.5 Å². The maximum atomic E-state index is 5.95. The number of rotatable bonds is 5. The van der Waals surface area contributed by atoms with Crippen LogP contribution in [0, 0.1) is 5.92 Å². The lowest BCUT2D eigenvalue weighted by atomic mass is 10.1. The first kappa shape index (κ1) is 12.9. The molecule has 0 saturated heterocycles. The number of methoxy groups -OCH3 is 1. The molecule has 1 aromatic heterocycles. The lowest BCUT2D eigenvalue weighted by Gasteiger charge is -2.13. The summed E-state index contributed by atoms with van der Waals surface area (Å²) in [5.74, 6) is 2.26. The summed E-state index contributed by atoms with van der Waals surface area (Å²) in [5.41, 5.74) is 7.46. The van der Waals surface area contributed by atoms with Gasteiger partial charge in [0.1, 0.15) is 5.75 Å². The molecule has 1 atom stereocenters. The largest absolute Gasteiger partial charge is 0.495 e. The summed E-state index contributed by atoms with van der Waals surface area (Å²) in [7, 11) is 1.60. The standard InChI is InChI=1S/C14H19N5O/c1-9(7-10-3-4-10)19-14(16-17-18-19)11-5-6-13(20-2)12(15)8-11/h5-6,8-10H,3-4,7,15H2,1-2H3. The van der Waals surface area contributed by atoms with Crippen molar-refractivity contribution in [1.82, 2.24) is 20.2 Å². The van der Waals surface area contributed by atoms with Crippen LogP contribution in [0.25, 0.3) is 11.4 Å². The number of aromatic nitrogens is 4. The van der Waals surface area contributed by atoms with Crippen LogP contribution in [0.5, 0.6) is 5.75 Å². The van der Waals surface area contributed by atoms with Crippen LogP contribution in [0.3, 0.4) is 0 Å². The number of anilines is 1. The van der Waals surface area contributed by atoms with Crippen molar-refractivity contribution in [2.75, 3.05) is 12.8 Å². The molecule has 0 radical (unpaired) electrons. The second kappa shape index (κ2) is 5.11. The SMILES string of the molecule is COc1ccc(-c2nnnn2C(C)CC2CC2)cc1N. The van der Waals surface area contributed by atoms with Gasteiger partial charge in [-0.05, 0) is 47.9 Å². The Morgan fingerprint density at radius 3 is 2.90 bits per heavy atom. The maximum Gasteiger partial charge on any atom is 0.182 e. The van der Waals surface area contributed by atoms with Gasteiger partial charge in [-0.15, -0.1) is 5.10 Å². The molecule has 1 aliphatic carbocycles. The predicted molar refractivity (Wildman–Crippen MR) is 76.3 cm³/mol. The fraction of sp³-hybridized carbons (Fsp3) is 0.500. The van der Waals surface area contributed by atoms with Gasteiger partial charge in [0.15, 0.2) is 5.82 Å². The van der Waals surface area contributed by atoms with Crippen molar-refractivity contribution in [3.05, 3.63) is 18.2 Å². The Morgan fingerprint density at radius 1 is 1.45 bits per heavy atom. The molecule has 20 heavy (non-hydrogen) atoms. The van der Waals surface area contributed by atoms with Crippen LogP contribution in [-0.4, -0.2) is 27.3 Å². The van der Waals surface area contributed by atoms with Gasteiger partial charge in [-0.25, -0.2) is 4.68 Å². The average molecular weight is 273 g/mol. The van der Waals surface area contributed by atoms with Crippen LogP contribution in [0.15, 0.2) is 18.2 Å². The monoisotopic (exact) mass is 273 g/mol. The first-order chi connectivity index (χ1) is 9.69. The summed E-state index contributed by atoms with van der Waals surface area (Å²) >= 11 is 0. The molecule has 1 saturated carbocycles. The van der Waals surface area contributed by atoms with E-state index >= 15 is 0 Å². The first-order valence-electron chi connectivity index (χ1n) is 6.90. The molecule has 0 aliphatic heterocycles. The van der Waals surface area contributed by atoms with E-state index in [0.717, 1.165) is 23.7 Å². The van der Waals surface area contributed by atoms with Crippen LogP contribution in [-0.2, 0) is 0 Å². The zero-order chi connectivity index (χ0) is 14.1. The van der Waals surface area contributed by atoms with E-state index in [0.29, 0.717) is 17.5 Å². The highest BCUT2D eigenvalue weighted by Crippen LogP contribution is 2.37. The summed E-state index contributed by atoms with van der Waals surface area (Å²) < 4.78 is 7.06. The van der Waals surface area contributed by atoms with E-state index in [1.807, 2.05) is 22.9 Å². The Hall–Kier alpha value is -2.11. The lowest BCUT2D eigenvalue weighted by Crippen LogP contribution is -2.10. The van der Waals surface area contributed by atoms with Crippen molar-refractivity contribution >= 4 is 5.69 Å². The molecule has 1 aromatic carbocycles. The van der Waals surface area contributed by atoms with Crippen LogP contribution in [0.2, 0.25) is 0 Å². The molecule has 1 aliphatic rings. The second-order valence-corrected chi connectivity index (χ2v) is 5.43. The van der Waals surface area contributed by atoms with Crippen molar-refractivity contribution < 1.29 is 4.74 Å². The van der Waals surface area contributed by atoms with Crippen molar-refractivity contribution in [1.29, 1.82) is 0 Å². The predicted octanol–water partition coefficient (Wildman–Crippen LogP) is 2.29. The van der Waals surface area contributed by atoms with Gasteiger partial charge in [0.2, 0.25) is 0 Å². The molecule has 0 amide bonds. The molecule has 1 heterocycles. The topological polar surface area (TPSA) is 78.9 Å². The van der Waals surface area contributed by atoms with Gasteiger partial charge in [-0.3, -0.25) is 0 Å². The average Bonchev–Trinajstić information content (AvgIpc) is 3.11. The van der Waals surface area contributed by atoms with E-state index in [2.05, 4.69) is 22.4 Å². The molecule has 0 spiro atoms. The quantitative estimate of drug-likeness (QED) is 0.845. The third kappa shape index (κ3) is 2.45. The van der Waals surface area contributed by atoms with Crippen LogP contribution in [0.1, 0.15) is 32.2 Å². The number of benzene rings is 1. The molecule has 1 fully saturated rings. The Bertz CT molecular complexity index is 605. The van der Waals surface area contributed by atoms with E-state index < -0.39 is 0 Å². The number of tetrazole rings is 1. The van der Waals surface area contributed by atoms with Crippen molar-refractivity contribution in [3.63, 3.8) is 0 Å². The molecule has 0 bridgehead atoms. The number of nitrogens with two attached hydrogens (primary N) is 1. The minimum absolute atomic E-state index is 0.302. The van der Waals surface area contributed by atoms with Gasteiger partial charge in [0, 0.05) is 5.56 Å². The Kier molecular flexibility index (Phi) is 3.30. The highest BCUT2D eigenvalue weighted by atomic mass is 16.5. The third-order valence-electron chi connectivity index (χ3n) is 3.77. The van der Waals surface area contributed by atoms with Gasteiger partial charge in [-0.1, -0.05) is 12.8 Å². The lowest BCUT2D eigenvalue weighted by molar-refractivity contribution is 0.417. The van der Waals surface area contributed by atoms with E-state index in [1.54, 1.807) is 7.11 Å². The van der Waals surface area contributed by atoms with Crippen LogP contribution >= 0.6 is 0 Å². The smallest absolute Gasteiger partial charge is 0.182 e. The van der Waals surface area contributed by atoms with Crippen LogP contribution in [0.4, 0.5) is 5.69 Å². The summed E-state index contributed by atoms with van der Waals surface area (Å²) in [4.78, 5) is 0. The number of nitrogens with zero attached hydrogens (tertiary/aromatic N) is 4. The molecule has 1 unspecified atom stereocenters. The van der Waals surface area contributed by atoms with Gasteiger partial charge in [-0.2, -0.15) is 0 Å². The van der Waals surface area contributed by atoms with Crippen molar-refractivity contribution in [3.8, 4) is 17.1 Å². The Balaban J connectivity index is 1.89. The van der Waals surface area contributed by atoms with Gasteiger partial charge in [0.05, 0.1) is 18.8 Å². The van der Waals surface area contributed by atoms with Gasteiger partial charge in [0.25, 0.3) is 0 Å². The molecule has 2 aromatic rings. The molecule has 6 nitrogen and oxygen atoms in total. The number of nitrogen functional groups attached to an aromatic ring is 1. The van der Waals surface area contributed by atoms with E-state index in [1.165, 1.54) is 12.8 Å². The third-order valence-corrected chi connectivity index (χ3v) is 3.77. The van der Waals surface area contributed by atoms with Crippen molar-refractivity contribution in [2.24, 2.45) is 5.92 Å². The van der Waals surface area contributed by atoms with E-state index in [9.17, 15) is 0 Å². The number of hydrogen-bond acceptors (Lipinski definition) is 5. The molecular weight excluding hydrogens is 254 g/mol. The molecule has 3 rings (SSSR count). The zero-order valence-electron chi connectivity index (χ0n) is 11.8. The molecular formula is C14H19N5O. The van der Waals surface area contributed by atoms with Crippen molar-refractivity contribution in [2.45, 2.75) is 32.2 Å². The van der Waals surface area contributed by atoms with E-state index in [4.69, 9.17) is 10.5 Å². The summed E-state index contributed by atoms with van der Waals surface area (Å²) in [6.45, 7) is 2.16. The number of ether oxygens (including phenoxy) is 1. The second-order valence-electron chi connectivity index (χ2n) is 5.43. The normalized spacial score (nSPS) is 16.1. The maximum absolute atomic E-state index is 5.95. The summed E-state index contributed by atoms with van der Waals surface area (Å²) in [5, 5.41) is 12.1. The Labute approximate surface area is 117 Å². The molecule has 2 N–H and O–H groups in total. The zero-order valence-corrected chi connectivity index (χ0v) is 11.8. The molecule has 6 heteroatoms. The minimum Gasteiger partial charge on any atom is -0.495 e.